The molecule has 0 spiro atoms. The van der Waals surface area contributed by atoms with Crippen molar-refractivity contribution in [2.24, 2.45) is 5.41 Å². The second-order valence-corrected chi connectivity index (χ2v) is 11.8. The molecule has 248 valence electrons. The van der Waals surface area contributed by atoms with Gasteiger partial charge in [-0.2, -0.15) is 0 Å². The van der Waals surface area contributed by atoms with Crippen molar-refractivity contribution < 1.29 is 19.1 Å². The zero-order valence-corrected chi connectivity index (χ0v) is 30.5. The number of hydrogen-bond donors (Lipinski definition) is 2. The van der Waals surface area contributed by atoms with E-state index in [4.69, 9.17) is 4.74 Å². The molecule has 0 saturated carbocycles. The van der Waals surface area contributed by atoms with Gasteiger partial charge in [-0.05, 0) is 69.3 Å². The van der Waals surface area contributed by atoms with Crippen LogP contribution >= 0.6 is 0 Å². The molecule has 0 fully saturated rings. The Labute approximate surface area is 265 Å². The number of amides is 2. The Kier molecular flexibility index (Phi) is 27.7. The first-order chi connectivity index (χ1) is 19.9. The van der Waals surface area contributed by atoms with Gasteiger partial charge in [0.15, 0.2) is 0 Å². The van der Waals surface area contributed by atoms with Crippen LogP contribution in [0.5, 0.6) is 0 Å². The minimum atomic E-state index is -0.693. The number of benzene rings is 1. The SMILES string of the molecule is C#C.CC.CCC.CCOC(=O)/C(C)=C/CN(C)C(=O)C(NC(=O)CC(C)(C)c1ccc(C)c(C)c1)C(C)(C)C.CNC. The summed E-state index contributed by atoms with van der Waals surface area (Å²) in [5.41, 5.74) is 3.09. The number of rotatable bonds is 9. The van der Waals surface area contributed by atoms with Crippen molar-refractivity contribution in [3.05, 3.63) is 46.5 Å². The lowest BCUT2D eigenvalue weighted by molar-refractivity contribution is -0.139. The number of esters is 1. The molecule has 2 N–H and O–H groups in total. The van der Waals surface area contributed by atoms with Gasteiger partial charge < -0.3 is 20.3 Å². The zero-order chi connectivity index (χ0) is 35.0. The second kappa shape index (κ2) is 25.4. The summed E-state index contributed by atoms with van der Waals surface area (Å²) < 4.78 is 4.98. The van der Waals surface area contributed by atoms with Crippen molar-refractivity contribution in [3.63, 3.8) is 0 Å². The Balaban J connectivity index is -0.000000673. The maximum atomic E-state index is 13.2. The molecule has 1 atom stereocenters. The van der Waals surface area contributed by atoms with Crippen molar-refractivity contribution in [3.8, 4) is 12.8 Å². The van der Waals surface area contributed by atoms with E-state index in [1.165, 1.54) is 22.4 Å². The van der Waals surface area contributed by atoms with Gasteiger partial charge in [0.25, 0.3) is 0 Å². The van der Waals surface area contributed by atoms with Crippen LogP contribution in [-0.4, -0.2) is 63.0 Å². The van der Waals surface area contributed by atoms with E-state index in [9.17, 15) is 14.4 Å². The molecular weight excluding hydrogens is 538 g/mol. The standard InChI is InChI=1S/C27H42N2O4.C3H8.C2H7N.C2H6.C2H2/c1-11-33-25(32)19(3)14-15-29(10)24(31)23(26(5,6)7)28-22(30)17-27(8,9)21-13-12-18(2)20(4)16-21;2*1-3-2;2*1-2/h12-14,16,23H,11,15,17H2,1-10H3,(H,28,30);3H2,1-2H3;3H,1-2H3;1-2H3;1-2H/b19-14+;;;;. The highest BCUT2D eigenvalue weighted by atomic mass is 16.5. The maximum Gasteiger partial charge on any atom is 0.333 e. The van der Waals surface area contributed by atoms with Gasteiger partial charge in [0, 0.05) is 25.6 Å². The minimum Gasteiger partial charge on any atom is -0.463 e. The fourth-order valence-corrected chi connectivity index (χ4v) is 3.44. The van der Waals surface area contributed by atoms with E-state index in [0.717, 1.165) is 5.56 Å². The number of carbonyl (C=O) groups is 3. The summed E-state index contributed by atoms with van der Waals surface area (Å²) in [6, 6.07) is 5.57. The Morgan fingerprint density at radius 2 is 1.44 bits per heavy atom. The summed E-state index contributed by atoms with van der Waals surface area (Å²) in [4.78, 5) is 39.6. The molecule has 1 rings (SSSR count). The molecule has 0 bridgehead atoms. The first-order valence-corrected chi connectivity index (χ1v) is 15.3. The maximum absolute atomic E-state index is 13.2. The molecule has 0 aliphatic rings. The largest absolute Gasteiger partial charge is 0.463 e. The predicted molar refractivity (Wildman–Crippen MR) is 185 cm³/mol. The molecule has 1 aromatic rings. The lowest BCUT2D eigenvalue weighted by Crippen LogP contribution is -2.54. The topological polar surface area (TPSA) is 87.7 Å². The third-order valence-corrected chi connectivity index (χ3v) is 5.95. The highest BCUT2D eigenvalue weighted by Crippen LogP contribution is 2.29. The van der Waals surface area contributed by atoms with Gasteiger partial charge in [0.1, 0.15) is 6.04 Å². The first kappa shape index (κ1) is 46.8. The third kappa shape index (κ3) is 20.4. The van der Waals surface area contributed by atoms with Gasteiger partial charge in [-0.3, -0.25) is 9.59 Å². The van der Waals surface area contributed by atoms with Crippen molar-refractivity contribution in [1.82, 2.24) is 15.5 Å². The third-order valence-electron chi connectivity index (χ3n) is 5.95. The Bertz CT molecular complexity index is 970. The van der Waals surface area contributed by atoms with Crippen LogP contribution in [0.1, 0.15) is 106 Å². The molecule has 0 radical (unpaired) electrons. The number of aryl methyl sites for hydroxylation is 2. The lowest BCUT2D eigenvalue weighted by Gasteiger charge is -2.34. The van der Waals surface area contributed by atoms with Gasteiger partial charge >= 0.3 is 5.97 Å². The molecule has 0 heterocycles. The van der Waals surface area contributed by atoms with Gasteiger partial charge in [-0.15, -0.1) is 12.8 Å². The Hall–Kier alpha value is -3.11. The predicted octanol–water partition coefficient (Wildman–Crippen LogP) is 7.00. The van der Waals surface area contributed by atoms with Gasteiger partial charge in [0.05, 0.1) is 6.61 Å². The van der Waals surface area contributed by atoms with Crippen molar-refractivity contribution in [2.75, 3.05) is 34.3 Å². The Morgan fingerprint density at radius 3 is 1.84 bits per heavy atom. The summed E-state index contributed by atoms with van der Waals surface area (Å²) >= 11 is 0. The van der Waals surface area contributed by atoms with Crippen molar-refractivity contribution >= 4 is 17.8 Å². The van der Waals surface area contributed by atoms with E-state index in [2.05, 4.69) is 69.4 Å². The van der Waals surface area contributed by atoms with E-state index < -0.39 is 17.4 Å². The number of ether oxygens (including phenoxy) is 1. The highest BCUT2D eigenvalue weighted by Gasteiger charge is 2.36. The number of terminal acetylenes is 1. The molecule has 7 nitrogen and oxygen atoms in total. The first-order valence-electron chi connectivity index (χ1n) is 15.3. The molecule has 0 saturated heterocycles. The van der Waals surface area contributed by atoms with Crippen LogP contribution in [0.15, 0.2) is 29.8 Å². The molecular formula is C36H65N3O4. The smallest absolute Gasteiger partial charge is 0.333 e. The van der Waals surface area contributed by atoms with E-state index in [-0.39, 0.29) is 30.2 Å². The Morgan fingerprint density at radius 1 is 0.977 bits per heavy atom. The fraction of sp³-hybridized carbons (Fsp3) is 0.639. The van der Waals surface area contributed by atoms with Crippen LogP contribution in [0.25, 0.3) is 0 Å². The van der Waals surface area contributed by atoms with Gasteiger partial charge in [-0.1, -0.05) is 93.0 Å². The normalized spacial score (nSPS) is 11.3. The summed E-state index contributed by atoms with van der Waals surface area (Å²) in [7, 11) is 5.42. The average Bonchev–Trinajstić information content (AvgIpc) is 2.93. The summed E-state index contributed by atoms with van der Waals surface area (Å²) in [6.07, 6.45) is 11.2. The van der Waals surface area contributed by atoms with Crippen LogP contribution in [0.4, 0.5) is 0 Å². The number of carbonyl (C=O) groups excluding carboxylic acids is 3. The van der Waals surface area contributed by atoms with E-state index in [0.29, 0.717) is 12.2 Å². The van der Waals surface area contributed by atoms with Crippen LogP contribution in [0, 0.1) is 32.1 Å². The summed E-state index contributed by atoms with van der Waals surface area (Å²) in [6.45, 7) is 26.2. The monoisotopic (exact) mass is 603 g/mol. The van der Waals surface area contributed by atoms with Crippen LogP contribution < -0.4 is 10.6 Å². The average molecular weight is 604 g/mol. The van der Waals surface area contributed by atoms with Gasteiger partial charge in [-0.25, -0.2) is 4.79 Å². The van der Waals surface area contributed by atoms with E-state index in [1.807, 2.05) is 62.6 Å². The molecule has 0 aromatic heterocycles. The molecule has 1 unspecified atom stereocenters. The van der Waals surface area contributed by atoms with E-state index >= 15 is 0 Å². The second-order valence-electron chi connectivity index (χ2n) is 11.8. The van der Waals surface area contributed by atoms with Crippen LogP contribution in [0.2, 0.25) is 0 Å². The molecule has 1 aromatic carbocycles. The van der Waals surface area contributed by atoms with Crippen molar-refractivity contribution in [1.29, 1.82) is 0 Å². The highest BCUT2D eigenvalue weighted by molar-refractivity contribution is 5.89. The minimum absolute atomic E-state index is 0.168. The number of nitrogens with zero attached hydrogens (tertiary/aromatic N) is 1. The zero-order valence-electron chi connectivity index (χ0n) is 30.5. The molecule has 7 heteroatoms. The number of nitrogens with one attached hydrogen (secondary N) is 2. The van der Waals surface area contributed by atoms with Crippen molar-refractivity contribution in [2.45, 2.75) is 114 Å². The quantitative estimate of drug-likeness (QED) is 0.180. The molecule has 2 amide bonds. The van der Waals surface area contributed by atoms with Crippen LogP contribution in [0.3, 0.4) is 0 Å². The summed E-state index contributed by atoms with van der Waals surface area (Å²) in [5, 5.41) is 5.73. The lowest BCUT2D eigenvalue weighted by atomic mass is 9.79. The summed E-state index contributed by atoms with van der Waals surface area (Å²) in [5.74, 6) is -0.765. The van der Waals surface area contributed by atoms with E-state index in [1.54, 1.807) is 27.0 Å². The molecule has 0 aliphatic carbocycles. The number of hydrogen-bond acceptors (Lipinski definition) is 5. The fourth-order valence-electron chi connectivity index (χ4n) is 3.44. The molecule has 0 aliphatic heterocycles. The van der Waals surface area contributed by atoms with Crippen LogP contribution in [-0.2, 0) is 24.5 Å². The molecule has 43 heavy (non-hydrogen) atoms. The number of likely N-dealkylation sites (N-methyl/N-ethyl adjacent to an activating group) is 1. The van der Waals surface area contributed by atoms with Gasteiger partial charge in [0.2, 0.25) is 11.8 Å².